The van der Waals surface area contributed by atoms with Crippen LogP contribution in [0.15, 0.2) is 42.5 Å². The quantitative estimate of drug-likeness (QED) is 0.572. The van der Waals surface area contributed by atoms with E-state index in [0.29, 0.717) is 17.0 Å². The van der Waals surface area contributed by atoms with Crippen molar-refractivity contribution in [2.45, 2.75) is 24.6 Å². The molecule has 0 spiro atoms. The monoisotopic (exact) mass is 435 g/mol. The van der Waals surface area contributed by atoms with Crippen LogP contribution in [0.1, 0.15) is 11.1 Å². The number of carbonyl (C=O) groups is 2. The second kappa shape index (κ2) is 7.29. The molecule has 12 heteroatoms. The summed E-state index contributed by atoms with van der Waals surface area (Å²) in [5, 5.41) is 18.9. The summed E-state index contributed by atoms with van der Waals surface area (Å²) in [5.74, 6) is -3.10. The lowest BCUT2D eigenvalue weighted by molar-refractivity contribution is -0.143. The lowest BCUT2D eigenvalue weighted by atomic mass is 10.1. The highest BCUT2D eigenvalue weighted by Crippen LogP contribution is 2.39. The minimum absolute atomic E-state index is 0.0445. The van der Waals surface area contributed by atoms with Gasteiger partial charge in [0.25, 0.3) is 11.8 Å². The van der Waals surface area contributed by atoms with E-state index in [-0.39, 0.29) is 17.5 Å². The number of anilines is 1. The number of halogens is 6. The molecule has 1 heterocycles. The first-order valence-electron chi connectivity index (χ1n) is 8.10. The molecule has 2 amide bonds. The highest BCUT2D eigenvalue weighted by molar-refractivity contribution is 6.24. The molecule has 0 aromatic heterocycles. The number of alkyl halides is 6. The topological polar surface area (TPSA) is 87.1 Å². The SMILES string of the molecule is O=C1C(O)C(O)C(=O)N1c1ccc(Oc2cc(C(F)(F)F)cc(C(F)(F)F)c2)cc1. The number of imide groups is 1. The number of nitrogens with zero attached hydrogens (tertiary/aromatic N) is 1. The fourth-order valence-corrected chi connectivity index (χ4v) is 2.68. The fourth-order valence-electron chi connectivity index (χ4n) is 2.68. The lowest BCUT2D eigenvalue weighted by Crippen LogP contribution is -2.31. The van der Waals surface area contributed by atoms with Crippen molar-refractivity contribution in [2.24, 2.45) is 0 Å². The van der Waals surface area contributed by atoms with Crippen molar-refractivity contribution in [2.75, 3.05) is 4.90 Å². The van der Waals surface area contributed by atoms with Crippen molar-refractivity contribution in [3.05, 3.63) is 53.6 Å². The van der Waals surface area contributed by atoms with Crippen LogP contribution >= 0.6 is 0 Å². The van der Waals surface area contributed by atoms with Gasteiger partial charge in [0.1, 0.15) is 11.5 Å². The molecule has 0 saturated carbocycles. The zero-order chi connectivity index (χ0) is 22.4. The third-order valence-corrected chi connectivity index (χ3v) is 4.14. The molecule has 3 rings (SSSR count). The van der Waals surface area contributed by atoms with Crippen molar-refractivity contribution in [3.8, 4) is 11.5 Å². The third kappa shape index (κ3) is 4.09. The average molecular weight is 435 g/mol. The van der Waals surface area contributed by atoms with Gasteiger partial charge in [-0.05, 0) is 42.5 Å². The van der Waals surface area contributed by atoms with Crippen molar-refractivity contribution in [1.29, 1.82) is 0 Å². The summed E-state index contributed by atoms with van der Waals surface area (Å²) in [7, 11) is 0. The maximum absolute atomic E-state index is 12.9. The molecule has 2 aromatic carbocycles. The number of benzene rings is 2. The van der Waals surface area contributed by atoms with Crippen LogP contribution in [-0.4, -0.2) is 34.2 Å². The molecule has 2 aromatic rings. The minimum atomic E-state index is -5.04. The van der Waals surface area contributed by atoms with E-state index >= 15 is 0 Å². The Bertz CT molecular complexity index is 934. The molecule has 2 atom stereocenters. The number of hydrogen-bond acceptors (Lipinski definition) is 5. The third-order valence-electron chi connectivity index (χ3n) is 4.14. The molecule has 0 bridgehead atoms. The maximum Gasteiger partial charge on any atom is 0.416 e. The number of hydrogen-bond donors (Lipinski definition) is 2. The van der Waals surface area contributed by atoms with E-state index in [4.69, 9.17) is 4.74 Å². The van der Waals surface area contributed by atoms with Crippen LogP contribution in [-0.2, 0) is 21.9 Å². The van der Waals surface area contributed by atoms with Crippen molar-refractivity contribution >= 4 is 17.5 Å². The Hall–Kier alpha value is -3.12. The zero-order valence-corrected chi connectivity index (χ0v) is 14.5. The van der Waals surface area contributed by atoms with E-state index in [1.165, 1.54) is 0 Å². The summed E-state index contributed by atoms with van der Waals surface area (Å²) in [6, 6.07) is 5.12. The van der Waals surface area contributed by atoms with E-state index in [1.807, 2.05) is 0 Å². The summed E-state index contributed by atoms with van der Waals surface area (Å²) in [4.78, 5) is 24.1. The number of aliphatic hydroxyl groups excluding tert-OH is 2. The predicted molar refractivity (Wildman–Crippen MR) is 87.5 cm³/mol. The van der Waals surface area contributed by atoms with Crippen molar-refractivity contribution in [1.82, 2.24) is 0 Å². The van der Waals surface area contributed by atoms with E-state index in [1.54, 1.807) is 0 Å². The number of amides is 2. The predicted octanol–water partition coefficient (Wildman–Crippen LogP) is 3.11. The van der Waals surface area contributed by atoms with Gasteiger partial charge in [-0.2, -0.15) is 26.3 Å². The molecule has 0 aliphatic carbocycles. The van der Waals surface area contributed by atoms with Crippen LogP contribution in [0.5, 0.6) is 11.5 Å². The summed E-state index contributed by atoms with van der Waals surface area (Å²) >= 11 is 0. The molecule has 2 unspecified atom stereocenters. The minimum Gasteiger partial charge on any atom is -0.457 e. The first-order valence-corrected chi connectivity index (χ1v) is 8.10. The Labute approximate surface area is 163 Å². The molecular formula is C18H11F6NO5. The van der Waals surface area contributed by atoms with Gasteiger partial charge in [0.05, 0.1) is 16.8 Å². The van der Waals surface area contributed by atoms with Crippen LogP contribution < -0.4 is 9.64 Å². The molecular weight excluding hydrogens is 424 g/mol. The van der Waals surface area contributed by atoms with Crippen LogP contribution in [0.25, 0.3) is 0 Å². The fraction of sp³-hybridized carbons (Fsp3) is 0.222. The standard InChI is InChI=1S/C18H11F6NO5/c19-17(20,21)8-5-9(18(22,23)24)7-12(6-8)30-11-3-1-10(2-4-11)25-15(28)13(26)14(27)16(25)29/h1-7,13-14,26-27H. The Balaban J connectivity index is 1.89. The molecule has 30 heavy (non-hydrogen) atoms. The number of ether oxygens (including phenoxy) is 1. The molecule has 1 fully saturated rings. The van der Waals surface area contributed by atoms with Gasteiger partial charge in [0.2, 0.25) is 0 Å². The summed E-state index contributed by atoms with van der Waals surface area (Å²) in [5.41, 5.74) is -3.20. The summed E-state index contributed by atoms with van der Waals surface area (Å²) < 4.78 is 82.5. The van der Waals surface area contributed by atoms with Gasteiger partial charge < -0.3 is 14.9 Å². The van der Waals surface area contributed by atoms with Gasteiger partial charge in [-0.3, -0.25) is 9.59 Å². The second-order valence-corrected chi connectivity index (χ2v) is 6.24. The Morgan fingerprint density at radius 1 is 0.733 bits per heavy atom. The van der Waals surface area contributed by atoms with E-state index in [9.17, 15) is 46.1 Å². The molecule has 1 aliphatic rings. The van der Waals surface area contributed by atoms with Gasteiger partial charge >= 0.3 is 12.4 Å². The number of aliphatic hydroxyl groups is 2. The van der Waals surface area contributed by atoms with E-state index in [2.05, 4.69) is 0 Å². The highest BCUT2D eigenvalue weighted by atomic mass is 19.4. The van der Waals surface area contributed by atoms with Gasteiger partial charge in [0.15, 0.2) is 12.2 Å². The molecule has 2 N–H and O–H groups in total. The van der Waals surface area contributed by atoms with Gasteiger partial charge in [-0.25, -0.2) is 4.90 Å². The normalized spacial score (nSPS) is 20.1. The van der Waals surface area contributed by atoms with Crippen LogP contribution in [0.2, 0.25) is 0 Å². The molecule has 1 aliphatic heterocycles. The molecule has 0 radical (unpaired) electrons. The van der Waals surface area contributed by atoms with E-state index in [0.717, 1.165) is 24.3 Å². The maximum atomic E-state index is 12.9. The molecule has 160 valence electrons. The van der Waals surface area contributed by atoms with Gasteiger partial charge in [-0.15, -0.1) is 0 Å². The number of carbonyl (C=O) groups excluding carboxylic acids is 2. The zero-order valence-electron chi connectivity index (χ0n) is 14.5. The van der Waals surface area contributed by atoms with Crippen LogP contribution in [0.3, 0.4) is 0 Å². The molecule has 1 saturated heterocycles. The Morgan fingerprint density at radius 2 is 1.17 bits per heavy atom. The van der Waals surface area contributed by atoms with E-state index < -0.39 is 53.3 Å². The number of rotatable bonds is 3. The largest absolute Gasteiger partial charge is 0.457 e. The van der Waals surface area contributed by atoms with Crippen LogP contribution in [0.4, 0.5) is 32.0 Å². The van der Waals surface area contributed by atoms with Gasteiger partial charge in [0, 0.05) is 0 Å². The highest BCUT2D eigenvalue weighted by Gasteiger charge is 2.46. The smallest absolute Gasteiger partial charge is 0.416 e. The second-order valence-electron chi connectivity index (χ2n) is 6.24. The summed E-state index contributed by atoms with van der Waals surface area (Å²) in [6.07, 6.45) is -14.0. The first-order chi connectivity index (χ1) is 13.8. The lowest BCUT2D eigenvalue weighted by Gasteiger charge is -2.16. The molecule has 6 nitrogen and oxygen atoms in total. The van der Waals surface area contributed by atoms with Crippen molar-refractivity contribution < 1.29 is 50.9 Å². The Kier molecular flexibility index (Phi) is 5.24. The Morgan fingerprint density at radius 3 is 1.57 bits per heavy atom. The first kappa shape index (κ1) is 21.6. The van der Waals surface area contributed by atoms with Crippen LogP contribution in [0, 0.1) is 0 Å². The van der Waals surface area contributed by atoms with Gasteiger partial charge in [-0.1, -0.05) is 0 Å². The summed E-state index contributed by atoms with van der Waals surface area (Å²) in [6.45, 7) is 0. The van der Waals surface area contributed by atoms with Crippen molar-refractivity contribution in [3.63, 3.8) is 0 Å². The average Bonchev–Trinajstić information content (AvgIpc) is 2.84.